The fourth-order valence-corrected chi connectivity index (χ4v) is 5.18. The second kappa shape index (κ2) is 10.1. The maximum absolute atomic E-state index is 13.1. The molecule has 2 aromatic carbocycles. The standard InChI is InChI=1S/C28H32N6O2/c1-4-33(5-2)22-14-15-34(18-22)27(36)19-10-12-21(13-11-19)30-28-29-17-20-16-25(35)32(3)24-9-7-6-8-23(24)26(20)31-28/h6-13,17,22H,4-5,14-16,18H2,1-3H3,(H,29,30,31). The molecule has 186 valence electrons. The Balaban J connectivity index is 1.32. The zero-order chi connectivity index (χ0) is 25.2. The maximum atomic E-state index is 13.1. The molecule has 1 saturated heterocycles. The number of rotatable bonds is 6. The van der Waals surface area contributed by atoms with Crippen LogP contribution in [-0.4, -0.2) is 70.9 Å². The average molecular weight is 485 g/mol. The van der Waals surface area contributed by atoms with Gasteiger partial charge in [0.05, 0.1) is 17.8 Å². The second-order valence-corrected chi connectivity index (χ2v) is 9.33. The smallest absolute Gasteiger partial charge is 0.253 e. The fourth-order valence-electron chi connectivity index (χ4n) is 5.18. The van der Waals surface area contributed by atoms with Crippen molar-refractivity contribution in [1.29, 1.82) is 0 Å². The Morgan fingerprint density at radius 2 is 1.86 bits per heavy atom. The van der Waals surface area contributed by atoms with Crippen molar-refractivity contribution in [3.05, 3.63) is 65.9 Å². The Bertz CT molecular complexity index is 1270. The highest BCUT2D eigenvalue weighted by Crippen LogP contribution is 2.35. The van der Waals surface area contributed by atoms with E-state index in [1.54, 1.807) is 18.1 Å². The van der Waals surface area contributed by atoms with Crippen LogP contribution in [0.5, 0.6) is 0 Å². The molecule has 3 heterocycles. The first-order valence-electron chi connectivity index (χ1n) is 12.6. The van der Waals surface area contributed by atoms with Crippen molar-refractivity contribution in [2.75, 3.05) is 43.4 Å². The largest absolute Gasteiger partial charge is 0.337 e. The Morgan fingerprint density at radius 3 is 2.61 bits per heavy atom. The number of para-hydroxylation sites is 1. The number of aromatic nitrogens is 2. The van der Waals surface area contributed by atoms with E-state index in [2.05, 4.69) is 29.0 Å². The van der Waals surface area contributed by atoms with Gasteiger partial charge in [-0.3, -0.25) is 14.5 Å². The highest BCUT2D eigenvalue weighted by Gasteiger charge is 2.30. The number of likely N-dealkylation sites (N-methyl/N-ethyl adjacent to an activating group) is 2. The fraction of sp³-hybridized carbons (Fsp3) is 0.357. The Labute approximate surface area is 212 Å². The van der Waals surface area contributed by atoms with Gasteiger partial charge in [-0.1, -0.05) is 32.0 Å². The van der Waals surface area contributed by atoms with E-state index in [4.69, 9.17) is 4.98 Å². The lowest BCUT2D eigenvalue weighted by Gasteiger charge is -2.26. The van der Waals surface area contributed by atoms with Crippen LogP contribution in [0.3, 0.4) is 0 Å². The third kappa shape index (κ3) is 4.56. The number of likely N-dealkylation sites (tertiary alicyclic amines) is 1. The number of anilines is 3. The average Bonchev–Trinajstić information content (AvgIpc) is 3.36. The van der Waals surface area contributed by atoms with E-state index in [0.717, 1.165) is 60.8 Å². The van der Waals surface area contributed by atoms with Gasteiger partial charge in [0, 0.05) is 54.8 Å². The SMILES string of the molecule is CCN(CC)C1CCN(C(=O)c2ccc(Nc3ncc4c(n3)-c3ccccc3N(C)C(=O)C4)cc2)C1. The molecule has 1 atom stereocenters. The molecule has 0 aliphatic carbocycles. The molecule has 2 aliphatic rings. The minimum Gasteiger partial charge on any atom is -0.337 e. The van der Waals surface area contributed by atoms with E-state index in [0.29, 0.717) is 17.6 Å². The van der Waals surface area contributed by atoms with Gasteiger partial charge in [-0.2, -0.15) is 0 Å². The van der Waals surface area contributed by atoms with Crippen LogP contribution in [0, 0.1) is 0 Å². The third-order valence-corrected chi connectivity index (χ3v) is 7.27. The molecule has 1 N–H and O–H groups in total. The van der Waals surface area contributed by atoms with Crippen molar-refractivity contribution >= 4 is 29.1 Å². The number of hydrogen-bond donors (Lipinski definition) is 1. The zero-order valence-corrected chi connectivity index (χ0v) is 21.1. The Hall–Kier alpha value is -3.78. The molecule has 1 fully saturated rings. The summed E-state index contributed by atoms with van der Waals surface area (Å²) < 4.78 is 0. The van der Waals surface area contributed by atoms with Gasteiger partial charge in [0.15, 0.2) is 0 Å². The van der Waals surface area contributed by atoms with Crippen LogP contribution in [0.15, 0.2) is 54.7 Å². The summed E-state index contributed by atoms with van der Waals surface area (Å²) in [5.41, 5.74) is 4.77. The van der Waals surface area contributed by atoms with Gasteiger partial charge in [-0.05, 0) is 49.8 Å². The molecule has 0 radical (unpaired) electrons. The van der Waals surface area contributed by atoms with E-state index >= 15 is 0 Å². The molecule has 8 heteroatoms. The second-order valence-electron chi connectivity index (χ2n) is 9.33. The van der Waals surface area contributed by atoms with Crippen LogP contribution in [0.25, 0.3) is 11.3 Å². The molecule has 0 bridgehead atoms. The van der Waals surface area contributed by atoms with Crippen molar-refractivity contribution in [2.45, 2.75) is 32.7 Å². The van der Waals surface area contributed by atoms with Crippen molar-refractivity contribution < 1.29 is 9.59 Å². The van der Waals surface area contributed by atoms with Crippen molar-refractivity contribution in [1.82, 2.24) is 19.8 Å². The lowest BCUT2D eigenvalue weighted by atomic mass is 10.1. The summed E-state index contributed by atoms with van der Waals surface area (Å²) in [7, 11) is 1.79. The van der Waals surface area contributed by atoms with Crippen molar-refractivity contribution in [2.24, 2.45) is 0 Å². The van der Waals surface area contributed by atoms with E-state index in [1.807, 2.05) is 53.4 Å². The van der Waals surface area contributed by atoms with E-state index in [9.17, 15) is 9.59 Å². The lowest BCUT2D eigenvalue weighted by Crippen LogP contribution is -2.38. The molecule has 1 aromatic heterocycles. The third-order valence-electron chi connectivity index (χ3n) is 7.27. The summed E-state index contributed by atoms with van der Waals surface area (Å²) in [5, 5.41) is 3.25. The van der Waals surface area contributed by atoms with Gasteiger partial charge in [0.2, 0.25) is 11.9 Å². The molecule has 0 spiro atoms. The molecule has 2 aliphatic heterocycles. The molecule has 1 unspecified atom stereocenters. The topological polar surface area (TPSA) is 81.7 Å². The number of amides is 2. The molecule has 3 aromatic rings. The number of benzene rings is 2. The van der Waals surface area contributed by atoms with Crippen LogP contribution in [0.4, 0.5) is 17.3 Å². The van der Waals surface area contributed by atoms with E-state index in [1.165, 1.54) is 0 Å². The van der Waals surface area contributed by atoms with Gasteiger partial charge >= 0.3 is 0 Å². The minimum atomic E-state index is 0.00665. The quantitative estimate of drug-likeness (QED) is 0.570. The summed E-state index contributed by atoms with van der Waals surface area (Å²) in [4.78, 5) is 40.9. The van der Waals surface area contributed by atoms with Gasteiger partial charge in [-0.25, -0.2) is 9.97 Å². The van der Waals surface area contributed by atoms with E-state index < -0.39 is 0 Å². The number of nitrogens with zero attached hydrogens (tertiary/aromatic N) is 5. The Morgan fingerprint density at radius 1 is 1.11 bits per heavy atom. The summed E-state index contributed by atoms with van der Waals surface area (Å²) in [6.45, 7) is 7.93. The maximum Gasteiger partial charge on any atom is 0.253 e. The highest BCUT2D eigenvalue weighted by atomic mass is 16.2. The number of carbonyl (C=O) groups is 2. The molecular weight excluding hydrogens is 452 g/mol. The minimum absolute atomic E-state index is 0.00665. The highest BCUT2D eigenvalue weighted by molar-refractivity contribution is 6.01. The zero-order valence-electron chi connectivity index (χ0n) is 21.1. The lowest BCUT2D eigenvalue weighted by molar-refractivity contribution is -0.117. The van der Waals surface area contributed by atoms with Gasteiger partial charge in [0.1, 0.15) is 0 Å². The molecular formula is C28H32N6O2. The molecule has 5 rings (SSSR count). The van der Waals surface area contributed by atoms with Gasteiger partial charge in [-0.15, -0.1) is 0 Å². The number of fused-ring (bicyclic) bond motifs is 3. The van der Waals surface area contributed by atoms with Crippen LogP contribution >= 0.6 is 0 Å². The number of carbonyl (C=O) groups excluding carboxylic acids is 2. The van der Waals surface area contributed by atoms with Crippen LogP contribution < -0.4 is 10.2 Å². The molecule has 2 amide bonds. The normalized spacial score (nSPS) is 17.1. The van der Waals surface area contributed by atoms with Crippen LogP contribution in [-0.2, 0) is 11.2 Å². The molecule has 36 heavy (non-hydrogen) atoms. The van der Waals surface area contributed by atoms with Gasteiger partial charge in [0.25, 0.3) is 5.91 Å². The number of nitrogens with one attached hydrogen (secondary N) is 1. The summed E-state index contributed by atoms with van der Waals surface area (Å²) in [5.74, 6) is 0.524. The molecule has 0 saturated carbocycles. The van der Waals surface area contributed by atoms with Gasteiger partial charge < -0.3 is 15.1 Å². The van der Waals surface area contributed by atoms with Crippen molar-refractivity contribution in [3.63, 3.8) is 0 Å². The summed E-state index contributed by atoms with van der Waals surface area (Å²) in [6, 6.07) is 15.7. The van der Waals surface area contributed by atoms with Crippen LogP contribution in [0.2, 0.25) is 0 Å². The van der Waals surface area contributed by atoms with Crippen LogP contribution in [0.1, 0.15) is 36.2 Å². The van der Waals surface area contributed by atoms with Crippen molar-refractivity contribution in [3.8, 4) is 11.3 Å². The number of hydrogen-bond acceptors (Lipinski definition) is 6. The first-order chi connectivity index (χ1) is 17.5. The summed E-state index contributed by atoms with van der Waals surface area (Å²) >= 11 is 0. The Kier molecular flexibility index (Phi) is 6.69. The first kappa shape index (κ1) is 23.9. The first-order valence-corrected chi connectivity index (χ1v) is 12.6. The molecule has 8 nitrogen and oxygen atoms in total. The summed E-state index contributed by atoms with van der Waals surface area (Å²) in [6.07, 6.45) is 2.99. The predicted octanol–water partition coefficient (Wildman–Crippen LogP) is 3.96. The predicted molar refractivity (Wildman–Crippen MR) is 142 cm³/mol. The monoisotopic (exact) mass is 484 g/mol. The van der Waals surface area contributed by atoms with E-state index in [-0.39, 0.29) is 18.2 Å².